The van der Waals surface area contributed by atoms with Gasteiger partial charge < -0.3 is 9.64 Å². The lowest BCUT2D eigenvalue weighted by atomic mass is 10.1. The lowest BCUT2D eigenvalue weighted by Crippen LogP contribution is -3.14. The standard InChI is InChI=1S/C17H22N2OS/c1-12-5-4-6-15(7-12)17-18-16(11-21-17)10-19-8-13(2)20-14(3)9-19/h4-7,11,13-14H,8-10H2,1-3H3/p+1/t13-,14+. The number of hydrogen-bond acceptors (Lipinski definition) is 3. The molecule has 0 spiro atoms. The van der Waals surface area contributed by atoms with E-state index in [9.17, 15) is 0 Å². The van der Waals surface area contributed by atoms with Crippen molar-refractivity contribution in [1.82, 2.24) is 4.98 Å². The number of aryl methyl sites for hydroxylation is 1. The van der Waals surface area contributed by atoms with E-state index in [4.69, 9.17) is 9.72 Å². The van der Waals surface area contributed by atoms with Crippen molar-refractivity contribution in [3.63, 3.8) is 0 Å². The largest absolute Gasteiger partial charge is 0.364 e. The Bertz CT molecular complexity index is 600. The molecule has 3 atom stereocenters. The van der Waals surface area contributed by atoms with Crippen LogP contribution >= 0.6 is 11.3 Å². The van der Waals surface area contributed by atoms with E-state index in [1.165, 1.54) is 16.8 Å². The molecule has 2 heterocycles. The zero-order valence-electron chi connectivity index (χ0n) is 12.9. The Morgan fingerprint density at radius 1 is 1.29 bits per heavy atom. The highest BCUT2D eigenvalue weighted by Gasteiger charge is 2.26. The van der Waals surface area contributed by atoms with Gasteiger partial charge in [0.05, 0.1) is 0 Å². The lowest BCUT2D eigenvalue weighted by molar-refractivity contribution is -0.928. The molecule has 4 heteroatoms. The summed E-state index contributed by atoms with van der Waals surface area (Å²) in [5.41, 5.74) is 3.71. The van der Waals surface area contributed by atoms with Crippen LogP contribution in [0.4, 0.5) is 0 Å². The Morgan fingerprint density at radius 3 is 2.76 bits per heavy atom. The molecule has 1 N–H and O–H groups in total. The van der Waals surface area contributed by atoms with Crippen molar-refractivity contribution in [1.29, 1.82) is 0 Å². The van der Waals surface area contributed by atoms with Gasteiger partial charge in [0.1, 0.15) is 42.5 Å². The van der Waals surface area contributed by atoms with Gasteiger partial charge in [-0.05, 0) is 26.8 Å². The molecule has 1 saturated heterocycles. The second-order valence-electron chi connectivity index (χ2n) is 6.11. The van der Waals surface area contributed by atoms with Gasteiger partial charge in [0, 0.05) is 10.9 Å². The molecule has 0 aliphatic carbocycles. The Balaban J connectivity index is 1.70. The molecule has 21 heavy (non-hydrogen) atoms. The summed E-state index contributed by atoms with van der Waals surface area (Å²) in [6, 6.07) is 8.57. The zero-order valence-corrected chi connectivity index (χ0v) is 13.7. The number of rotatable bonds is 3. The Labute approximate surface area is 130 Å². The third-order valence-electron chi connectivity index (χ3n) is 3.86. The molecule has 112 valence electrons. The number of morpholine rings is 1. The first-order valence-corrected chi connectivity index (χ1v) is 8.48. The maximum Gasteiger partial charge on any atom is 0.123 e. The third-order valence-corrected chi connectivity index (χ3v) is 4.80. The average Bonchev–Trinajstić information content (AvgIpc) is 2.86. The van der Waals surface area contributed by atoms with E-state index in [-0.39, 0.29) is 0 Å². The maximum atomic E-state index is 5.80. The summed E-state index contributed by atoms with van der Waals surface area (Å²) < 4.78 is 5.80. The minimum Gasteiger partial charge on any atom is -0.364 e. The summed E-state index contributed by atoms with van der Waals surface area (Å²) in [6.45, 7) is 9.59. The SMILES string of the molecule is Cc1cccc(-c2nc(C[NH+]3C[C@@H](C)O[C@@H](C)C3)cs2)c1. The molecule has 3 rings (SSSR count). The van der Waals surface area contributed by atoms with Crippen molar-refractivity contribution in [3.8, 4) is 10.6 Å². The number of quaternary nitrogens is 1. The van der Waals surface area contributed by atoms with E-state index in [0.29, 0.717) is 12.2 Å². The molecule has 1 aliphatic heterocycles. The number of thiazole rings is 1. The molecule has 1 aliphatic rings. The molecule has 1 aromatic carbocycles. The predicted octanol–water partition coefficient (Wildman–Crippen LogP) is 2.31. The van der Waals surface area contributed by atoms with Gasteiger partial charge in [-0.2, -0.15) is 0 Å². The second-order valence-corrected chi connectivity index (χ2v) is 6.96. The van der Waals surface area contributed by atoms with E-state index in [2.05, 4.69) is 50.4 Å². The fraction of sp³-hybridized carbons (Fsp3) is 0.471. The normalized spacial score (nSPS) is 26.0. The van der Waals surface area contributed by atoms with E-state index in [1.54, 1.807) is 16.2 Å². The Kier molecular flexibility index (Phi) is 4.38. The summed E-state index contributed by atoms with van der Waals surface area (Å²) in [5.74, 6) is 0. The van der Waals surface area contributed by atoms with E-state index < -0.39 is 0 Å². The van der Waals surface area contributed by atoms with Crippen LogP contribution in [0.15, 0.2) is 29.6 Å². The molecule has 0 amide bonds. The average molecular weight is 303 g/mol. The number of benzene rings is 1. The number of ether oxygens (including phenoxy) is 1. The quantitative estimate of drug-likeness (QED) is 0.942. The van der Waals surface area contributed by atoms with Crippen molar-refractivity contribution in [2.24, 2.45) is 0 Å². The summed E-state index contributed by atoms with van der Waals surface area (Å²) in [4.78, 5) is 6.39. The summed E-state index contributed by atoms with van der Waals surface area (Å²) >= 11 is 1.75. The van der Waals surface area contributed by atoms with E-state index in [0.717, 1.165) is 24.6 Å². The molecular weight excluding hydrogens is 280 g/mol. The van der Waals surface area contributed by atoms with Crippen LogP contribution in [0.5, 0.6) is 0 Å². The van der Waals surface area contributed by atoms with E-state index in [1.807, 2.05) is 0 Å². The molecule has 1 aromatic heterocycles. The van der Waals surface area contributed by atoms with Gasteiger partial charge in [-0.15, -0.1) is 11.3 Å². The van der Waals surface area contributed by atoms with Crippen molar-refractivity contribution in [3.05, 3.63) is 40.9 Å². The van der Waals surface area contributed by atoms with Crippen molar-refractivity contribution < 1.29 is 9.64 Å². The molecule has 0 radical (unpaired) electrons. The predicted molar refractivity (Wildman–Crippen MR) is 86.7 cm³/mol. The van der Waals surface area contributed by atoms with Gasteiger partial charge in [0.25, 0.3) is 0 Å². The van der Waals surface area contributed by atoms with Crippen LogP contribution in [0.3, 0.4) is 0 Å². The van der Waals surface area contributed by atoms with Crippen LogP contribution in [-0.2, 0) is 11.3 Å². The minimum atomic E-state index is 0.346. The highest BCUT2D eigenvalue weighted by molar-refractivity contribution is 7.13. The van der Waals surface area contributed by atoms with Crippen LogP contribution in [0.25, 0.3) is 10.6 Å². The first-order chi connectivity index (χ1) is 10.1. The van der Waals surface area contributed by atoms with Crippen LogP contribution in [0, 0.1) is 6.92 Å². The number of nitrogens with one attached hydrogen (secondary N) is 1. The smallest absolute Gasteiger partial charge is 0.123 e. The monoisotopic (exact) mass is 303 g/mol. The minimum absolute atomic E-state index is 0.346. The second kappa shape index (κ2) is 6.26. The topological polar surface area (TPSA) is 26.6 Å². The van der Waals surface area contributed by atoms with Gasteiger partial charge in [0.15, 0.2) is 0 Å². The molecule has 3 nitrogen and oxygen atoms in total. The highest BCUT2D eigenvalue weighted by Crippen LogP contribution is 2.24. The molecule has 2 aromatic rings. The first kappa shape index (κ1) is 14.7. The van der Waals surface area contributed by atoms with Crippen LogP contribution < -0.4 is 4.90 Å². The Morgan fingerprint density at radius 2 is 2.05 bits per heavy atom. The van der Waals surface area contributed by atoms with Crippen molar-refractivity contribution in [2.75, 3.05) is 13.1 Å². The number of aromatic nitrogens is 1. The maximum absolute atomic E-state index is 5.80. The van der Waals surface area contributed by atoms with Crippen molar-refractivity contribution in [2.45, 2.75) is 39.5 Å². The van der Waals surface area contributed by atoms with E-state index >= 15 is 0 Å². The summed E-state index contributed by atoms with van der Waals surface area (Å²) in [5, 5.41) is 3.33. The highest BCUT2D eigenvalue weighted by atomic mass is 32.1. The van der Waals surface area contributed by atoms with Crippen LogP contribution in [-0.4, -0.2) is 30.3 Å². The molecule has 1 unspecified atom stereocenters. The number of nitrogens with zero attached hydrogens (tertiary/aromatic N) is 1. The molecule has 1 fully saturated rings. The Hall–Kier alpha value is -1.23. The molecular formula is C17H23N2OS+. The summed E-state index contributed by atoms with van der Waals surface area (Å²) in [7, 11) is 0. The van der Waals surface area contributed by atoms with Crippen LogP contribution in [0.1, 0.15) is 25.1 Å². The van der Waals surface area contributed by atoms with Crippen LogP contribution in [0.2, 0.25) is 0 Å². The first-order valence-electron chi connectivity index (χ1n) is 7.60. The summed E-state index contributed by atoms with van der Waals surface area (Å²) in [6.07, 6.45) is 0.692. The van der Waals surface area contributed by atoms with Gasteiger partial charge in [-0.1, -0.05) is 23.8 Å². The lowest BCUT2D eigenvalue weighted by Gasteiger charge is -2.31. The van der Waals surface area contributed by atoms with Gasteiger partial charge >= 0.3 is 0 Å². The fourth-order valence-corrected chi connectivity index (χ4v) is 3.91. The fourth-order valence-electron chi connectivity index (χ4n) is 3.09. The molecule has 0 saturated carbocycles. The molecule has 0 bridgehead atoms. The van der Waals surface area contributed by atoms with Crippen molar-refractivity contribution >= 4 is 11.3 Å². The number of hydrogen-bond donors (Lipinski definition) is 1. The van der Waals surface area contributed by atoms with Gasteiger partial charge in [-0.3, -0.25) is 0 Å². The van der Waals surface area contributed by atoms with Gasteiger partial charge in [0.2, 0.25) is 0 Å². The third kappa shape index (κ3) is 3.70. The van der Waals surface area contributed by atoms with Gasteiger partial charge in [-0.25, -0.2) is 4.98 Å². The zero-order chi connectivity index (χ0) is 14.8.